The van der Waals surface area contributed by atoms with Gasteiger partial charge in [-0.15, -0.1) is 0 Å². The molecule has 0 aliphatic heterocycles. The van der Waals surface area contributed by atoms with Crippen LogP contribution in [-0.4, -0.2) is 54.8 Å². The molecule has 0 saturated heterocycles. The predicted octanol–water partition coefficient (Wildman–Crippen LogP) is 7.14. The van der Waals surface area contributed by atoms with E-state index in [9.17, 15) is 9.90 Å². The minimum Gasteiger partial charge on any atom is -0.508 e. The number of hydrogen-bond donors (Lipinski definition) is 2. The molecule has 0 radical (unpaired) electrons. The fraction of sp³-hybridized carbons (Fsp3) is 0.400. The van der Waals surface area contributed by atoms with Crippen molar-refractivity contribution in [2.45, 2.75) is 76.6 Å². The number of ether oxygens (including phenoxy) is 2. The van der Waals surface area contributed by atoms with E-state index in [-0.39, 0.29) is 47.4 Å². The first-order valence-corrected chi connectivity index (χ1v) is 20.6. The number of nitrogens with zero attached hydrogens (tertiary/aromatic N) is 3. The van der Waals surface area contributed by atoms with Crippen LogP contribution >= 0.6 is 0 Å². The molecular weight excluding hydrogens is 677 g/mol. The van der Waals surface area contributed by atoms with Crippen LogP contribution in [-0.2, 0) is 24.1 Å². The minimum atomic E-state index is -2.86. The number of rotatable bonds is 9. The summed E-state index contributed by atoms with van der Waals surface area (Å²) in [5, 5.41) is 16.5. The molecule has 3 aliphatic rings. The third-order valence-corrected chi connectivity index (χ3v) is 15.7. The van der Waals surface area contributed by atoms with Gasteiger partial charge in [-0.3, -0.25) is 9.59 Å². The number of fused-ring (bicyclic) bond motifs is 4. The van der Waals surface area contributed by atoms with E-state index in [1.54, 1.807) is 6.20 Å². The highest BCUT2D eigenvalue weighted by Crippen LogP contribution is 2.58. The Bertz CT molecular complexity index is 2050. The molecule has 4 aromatic rings. The van der Waals surface area contributed by atoms with E-state index in [0.29, 0.717) is 29.1 Å². The topological polar surface area (TPSA) is 150 Å². The van der Waals surface area contributed by atoms with Crippen LogP contribution in [0.4, 0.5) is 5.82 Å². The molecule has 2 heterocycles. The monoisotopic (exact) mass is 722 g/mol. The van der Waals surface area contributed by atoms with Crippen molar-refractivity contribution in [1.82, 2.24) is 10.1 Å². The van der Waals surface area contributed by atoms with Crippen LogP contribution in [0, 0.1) is 11.8 Å². The highest BCUT2D eigenvalue weighted by atomic mass is 28.4. The summed E-state index contributed by atoms with van der Waals surface area (Å²) in [6, 6.07) is 18.2. The zero-order chi connectivity index (χ0) is 37.2. The van der Waals surface area contributed by atoms with Gasteiger partial charge in [-0.05, 0) is 53.2 Å². The van der Waals surface area contributed by atoms with Gasteiger partial charge in [-0.2, -0.15) is 0 Å². The van der Waals surface area contributed by atoms with Crippen LogP contribution in [0.1, 0.15) is 76.4 Å². The van der Waals surface area contributed by atoms with E-state index in [2.05, 4.69) is 25.9 Å². The molecule has 3 N–H and O–H groups in total. The maximum Gasteiger partial charge on any atom is 0.265 e. The van der Waals surface area contributed by atoms with Crippen molar-refractivity contribution in [2.75, 3.05) is 19.0 Å². The van der Waals surface area contributed by atoms with Gasteiger partial charge in [0.1, 0.15) is 36.1 Å². The van der Waals surface area contributed by atoms with Crippen LogP contribution in [0.2, 0.25) is 18.1 Å². The lowest BCUT2D eigenvalue weighted by Gasteiger charge is -2.53. The Hall–Kier alpha value is -4.78. The second-order valence-electron chi connectivity index (χ2n) is 15.8. The largest absolute Gasteiger partial charge is 0.508 e. The normalized spacial score (nSPS) is 22.7. The fourth-order valence-electron chi connectivity index (χ4n) is 7.53. The molecule has 272 valence electrons. The molecule has 0 spiro atoms. The number of anilines is 1. The first-order chi connectivity index (χ1) is 24.7. The minimum absolute atomic E-state index is 0.0265. The van der Waals surface area contributed by atoms with Gasteiger partial charge < -0.3 is 34.2 Å². The Kier molecular flexibility index (Phi) is 8.91. The molecule has 2 aromatic heterocycles. The maximum absolute atomic E-state index is 15.2. The number of hydrogen-bond acceptors (Lipinski definition) is 11. The van der Waals surface area contributed by atoms with E-state index in [1.165, 1.54) is 0 Å². The number of ketones is 2. The summed E-state index contributed by atoms with van der Waals surface area (Å²) in [4.78, 5) is 36.8. The number of aliphatic hydroxyl groups is 1. The van der Waals surface area contributed by atoms with Crippen molar-refractivity contribution in [3.63, 3.8) is 0 Å². The van der Waals surface area contributed by atoms with Crippen molar-refractivity contribution in [1.29, 1.82) is 0 Å². The Morgan fingerprint density at radius 1 is 0.981 bits per heavy atom. The maximum atomic E-state index is 15.2. The van der Waals surface area contributed by atoms with Crippen LogP contribution in [0.3, 0.4) is 0 Å². The zero-order valence-electron chi connectivity index (χ0n) is 30.7. The molecule has 11 nitrogen and oxygen atoms in total. The Morgan fingerprint density at radius 3 is 2.19 bits per heavy atom. The molecule has 12 heteroatoms. The number of Topliss-reactive ketones (excluding diaryl/α,β-unsaturated/α-hetero) is 2. The van der Waals surface area contributed by atoms with E-state index >= 15 is 4.79 Å². The zero-order valence-corrected chi connectivity index (χ0v) is 31.7. The molecule has 7 rings (SSSR count). The molecule has 0 amide bonds. The van der Waals surface area contributed by atoms with Gasteiger partial charge in [0.25, 0.3) is 5.88 Å². The van der Waals surface area contributed by atoms with Gasteiger partial charge in [0.15, 0.2) is 25.5 Å². The molecule has 0 saturated carbocycles. The van der Waals surface area contributed by atoms with Gasteiger partial charge in [-0.25, -0.2) is 4.98 Å². The Labute approximate surface area is 304 Å². The highest BCUT2D eigenvalue weighted by molar-refractivity contribution is 6.74. The van der Waals surface area contributed by atoms with Crippen molar-refractivity contribution in [2.24, 2.45) is 17.6 Å². The summed E-state index contributed by atoms with van der Waals surface area (Å²) < 4.78 is 25.2. The van der Waals surface area contributed by atoms with E-state index in [4.69, 9.17) is 29.1 Å². The highest BCUT2D eigenvalue weighted by Gasteiger charge is 2.66. The van der Waals surface area contributed by atoms with Crippen LogP contribution in [0.15, 0.2) is 82.7 Å². The van der Waals surface area contributed by atoms with Gasteiger partial charge in [0, 0.05) is 31.1 Å². The summed E-state index contributed by atoms with van der Waals surface area (Å²) in [5.41, 5.74) is 8.05. The average Bonchev–Trinajstić information content (AvgIpc) is 3.54. The van der Waals surface area contributed by atoms with Crippen LogP contribution in [0.5, 0.6) is 11.6 Å². The number of carbonyl (C=O) groups excluding carboxylic acids is 2. The van der Waals surface area contributed by atoms with Crippen molar-refractivity contribution < 1.29 is 33.1 Å². The molecule has 3 aliphatic carbocycles. The summed E-state index contributed by atoms with van der Waals surface area (Å²) in [6.45, 7) is 10.5. The number of aromatic nitrogens is 2. The lowest BCUT2D eigenvalue weighted by atomic mass is 9.59. The second-order valence-corrected chi connectivity index (χ2v) is 20.5. The van der Waals surface area contributed by atoms with Crippen molar-refractivity contribution in [3.8, 4) is 11.6 Å². The van der Waals surface area contributed by atoms with Gasteiger partial charge in [0.05, 0.1) is 17.8 Å². The summed E-state index contributed by atoms with van der Waals surface area (Å²) in [7, 11) is 0.883. The third-order valence-electron chi connectivity index (χ3n) is 11.2. The lowest BCUT2D eigenvalue weighted by molar-refractivity contribution is -0.0273. The second kappa shape index (κ2) is 13.0. The average molecular weight is 723 g/mol. The Balaban J connectivity index is 1.38. The number of benzene rings is 2. The molecule has 0 unspecified atom stereocenters. The van der Waals surface area contributed by atoms with E-state index in [0.717, 1.165) is 11.1 Å². The first kappa shape index (κ1) is 35.6. The number of nitrogens with two attached hydrogens (primary N) is 1. The number of pyridine rings is 1. The third kappa shape index (κ3) is 5.73. The lowest BCUT2D eigenvalue weighted by Crippen LogP contribution is -2.64. The first-order valence-electron chi connectivity index (χ1n) is 17.7. The summed E-state index contributed by atoms with van der Waals surface area (Å²) >= 11 is 0. The quantitative estimate of drug-likeness (QED) is 0.170. The predicted molar refractivity (Wildman–Crippen MR) is 198 cm³/mol. The number of carbonyl (C=O) groups is 2. The SMILES string of the molecule is CN(C)c1ncc(OCc2ccccc2)c2c1C[C@H]1C[C@H]3[C@H](N)c4onc(OCc5ccccc5)c4C(=O)[C@@]3(O[Si](C)(C)C(C)(C)C)C(O)=C1C2=O. The van der Waals surface area contributed by atoms with Gasteiger partial charge >= 0.3 is 0 Å². The van der Waals surface area contributed by atoms with E-state index in [1.807, 2.05) is 92.8 Å². The van der Waals surface area contributed by atoms with Gasteiger partial charge in [-0.1, -0.05) is 81.4 Å². The summed E-state index contributed by atoms with van der Waals surface area (Å²) in [5.74, 6) is -1.58. The summed E-state index contributed by atoms with van der Waals surface area (Å²) in [6.07, 6.45) is 2.20. The van der Waals surface area contributed by atoms with E-state index < -0.39 is 49.1 Å². The standard InChI is InChI=1S/C40H46N4O7Si/c1-39(2,3)52(6,7)51-40-27(32(41)34-31(36(40)47)38(43-50-34)49-22-24-16-12-9-13-17-24)19-25-18-26-30(33(45)29(25)35(40)46)28(20-42-37(26)44(4)5)48-21-23-14-10-8-11-15-23/h8-17,20,25,27,32,46H,18-19,21-22,41H2,1-7H3/t25-,27-,32-,40-/m0/s1. The van der Waals surface area contributed by atoms with Crippen molar-refractivity contribution in [3.05, 3.63) is 112 Å². The number of allylic oxidation sites excluding steroid dienone is 1. The molecular formula is C40H46N4O7Si. The van der Waals surface area contributed by atoms with Crippen molar-refractivity contribution >= 4 is 25.7 Å². The van der Waals surface area contributed by atoms with Gasteiger partial charge in [0.2, 0.25) is 5.78 Å². The molecule has 0 bridgehead atoms. The molecule has 2 aromatic carbocycles. The molecule has 4 atom stereocenters. The molecule has 52 heavy (non-hydrogen) atoms. The van der Waals surface area contributed by atoms with Crippen LogP contribution in [0.25, 0.3) is 0 Å². The van der Waals surface area contributed by atoms with Crippen LogP contribution < -0.4 is 20.1 Å². The Morgan fingerprint density at radius 2 is 1.60 bits per heavy atom. The fourth-order valence-corrected chi connectivity index (χ4v) is 8.98. The smallest absolute Gasteiger partial charge is 0.265 e. The molecule has 0 fully saturated rings. The number of aliphatic hydroxyl groups excluding tert-OH is 1.